The lowest BCUT2D eigenvalue weighted by molar-refractivity contribution is 0.575. The highest BCUT2D eigenvalue weighted by Gasteiger charge is 2.04. The van der Waals surface area contributed by atoms with Gasteiger partial charge in [-0.15, -0.1) is 0 Å². The molecule has 4 nitrogen and oxygen atoms in total. The van der Waals surface area contributed by atoms with Crippen molar-refractivity contribution in [2.75, 3.05) is 5.43 Å². The maximum atomic E-state index is 5.78. The van der Waals surface area contributed by atoms with Gasteiger partial charge >= 0.3 is 0 Å². The Bertz CT molecular complexity index is 971. The Morgan fingerprint density at radius 1 is 1.04 bits per heavy atom. The highest BCUT2D eigenvalue weighted by molar-refractivity contribution is 9.10. The van der Waals surface area contributed by atoms with Gasteiger partial charge in [-0.2, -0.15) is 5.10 Å². The van der Waals surface area contributed by atoms with Crippen LogP contribution in [0.3, 0.4) is 0 Å². The Kier molecular flexibility index (Phi) is 4.15. The van der Waals surface area contributed by atoms with Crippen LogP contribution in [0.25, 0.3) is 21.5 Å². The summed E-state index contributed by atoms with van der Waals surface area (Å²) in [4.78, 5) is 4.46. The Balaban J connectivity index is 1.47. The largest absolute Gasteiger partial charge is 0.455 e. The van der Waals surface area contributed by atoms with Crippen LogP contribution in [0.2, 0.25) is 0 Å². The van der Waals surface area contributed by atoms with Gasteiger partial charge in [0.05, 0.1) is 16.4 Å². The molecule has 0 atom stereocenters. The monoisotopic (exact) mass is 397 g/mol. The van der Waals surface area contributed by atoms with E-state index in [1.54, 1.807) is 17.6 Å². The number of rotatable bonds is 4. The summed E-state index contributed by atoms with van der Waals surface area (Å²) in [6.45, 7) is 0. The summed E-state index contributed by atoms with van der Waals surface area (Å²) in [6.07, 6.45) is 1.65. The first-order chi connectivity index (χ1) is 11.8. The Labute approximate surface area is 151 Å². The number of hydrazone groups is 1. The molecule has 6 heteroatoms. The lowest BCUT2D eigenvalue weighted by Gasteiger charge is -1.96. The third-order valence-electron chi connectivity index (χ3n) is 3.40. The first-order valence-corrected chi connectivity index (χ1v) is 8.89. The smallest absolute Gasteiger partial charge is 0.204 e. The van der Waals surface area contributed by atoms with Crippen LogP contribution < -0.4 is 5.43 Å². The molecular weight excluding hydrogens is 386 g/mol. The predicted molar refractivity (Wildman–Crippen MR) is 103 cm³/mol. The zero-order valence-corrected chi connectivity index (χ0v) is 14.8. The molecule has 24 heavy (non-hydrogen) atoms. The van der Waals surface area contributed by atoms with Crippen molar-refractivity contribution in [3.05, 3.63) is 70.9 Å². The second-order valence-corrected chi connectivity index (χ2v) is 7.01. The van der Waals surface area contributed by atoms with Crippen LogP contribution in [0.1, 0.15) is 5.76 Å². The molecule has 2 aromatic heterocycles. The van der Waals surface area contributed by atoms with Crippen molar-refractivity contribution >= 4 is 48.8 Å². The highest BCUT2D eigenvalue weighted by Crippen LogP contribution is 2.26. The molecule has 0 spiro atoms. The SMILES string of the molecule is Brc1ccc(-c2ccc(/C=N\Nc3nc4ccccc4s3)o2)cc1. The van der Waals surface area contributed by atoms with E-state index in [0.717, 1.165) is 31.1 Å². The van der Waals surface area contributed by atoms with E-state index in [2.05, 4.69) is 31.4 Å². The number of nitrogens with one attached hydrogen (secondary N) is 1. The molecule has 0 saturated heterocycles. The second kappa shape index (κ2) is 6.59. The normalized spacial score (nSPS) is 11.4. The standard InChI is InChI=1S/C18H12BrN3OS/c19-13-7-5-12(6-8-13)16-10-9-14(23-16)11-20-22-18-21-15-3-1-2-4-17(15)24-18/h1-11H,(H,21,22)/b20-11-. The van der Waals surface area contributed by atoms with Crippen LogP contribution in [0.4, 0.5) is 5.13 Å². The fraction of sp³-hybridized carbons (Fsp3) is 0. The van der Waals surface area contributed by atoms with E-state index in [1.807, 2.05) is 60.7 Å². The number of hydrogen-bond acceptors (Lipinski definition) is 5. The van der Waals surface area contributed by atoms with E-state index in [9.17, 15) is 0 Å². The van der Waals surface area contributed by atoms with Gasteiger partial charge in [0.1, 0.15) is 11.5 Å². The van der Waals surface area contributed by atoms with Gasteiger partial charge in [0, 0.05) is 10.0 Å². The summed E-state index contributed by atoms with van der Waals surface area (Å²) in [5, 5.41) is 4.96. The summed E-state index contributed by atoms with van der Waals surface area (Å²) >= 11 is 4.99. The summed E-state index contributed by atoms with van der Waals surface area (Å²) < 4.78 is 7.96. The van der Waals surface area contributed by atoms with Crippen molar-refractivity contribution in [3.8, 4) is 11.3 Å². The van der Waals surface area contributed by atoms with Crippen molar-refractivity contribution in [1.29, 1.82) is 0 Å². The number of thiazole rings is 1. The summed E-state index contributed by atoms with van der Waals surface area (Å²) in [6, 6.07) is 19.8. The second-order valence-electron chi connectivity index (χ2n) is 5.07. The van der Waals surface area contributed by atoms with E-state index in [0.29, 0.717) is 5.76 Å². The Hall–Kier alpha value is -2.44. The average Bonchev–Trinajstić information content (AvgIpc) is 3.22. The van der Waals surface area contributed by atoms with Crippen LogP contribution in [0, 0.1) is 0 Å². The third-order valence-corrected chi connectivity index (χ3v) is 4.87. The Morgan fingerprint density at radius 3 is 2.71 bits per heavy atom. The van der Waals surface area contributed by atoms with E-state index in [4.69, 9.17) is 4.42 Å². The minimum absolute atomic E-state index is 0.682. The topological polar surface area (TPSA) is 50.4 Å². The zero-order valence-electron chi connectivity index (χ0n) is 12.4. The lowest BCUT2D eigenvalue weighted by Crippen LogP contribution is -1.88. The molecule has 2 aromatic carbocycles. The predicted octanol–water partition coefficient (Wildman–Crippen LogP) is 5.76. The number of furan rings is 1. The molecule has 118 valence electrons. The number of fused-ring (bicyclic) bond motifs is 1. The van der Waals surface area contributed by atoms with Crippen LogP contribution in [-0.4, -0.2) is 11.2 Å². The lowest BCUT2D eigenvalue weighted by atomic mass is 10.2. The van der Waals surface area contributed by atoms with Gasteiger partial charge in [-0.3, -0.25) is 5.43 Å². The third kappa shape index (κ3) is 3.25. The number of para-hydroxylation sites is 1. The van der Waals surface area contributed by atoms with Crippen LogP contribution in [0.15, 0.2) is 74.7 Å². The number of anilines is 1. The maximum Gasteiger partial charge on any atom is 0.204 e. The molecule has 0 aliphatic rings. The molecule has 1 N–H and O–H groups in total. The van der Waals surface area contributed by atoms with Crippen molar-refractivity contribution in [2.24, 2.45) is 5.10 Å². The summed E-state index contributed by atoms with van der Waals surface area (Å²) in [7, 11) is 0. The molecule has 4 aromatic rings. The van der Waals surface area contributed by atoms with Crippen LogP contribution in [0.5, 0.6) is 0 Å². The number of nitrogens with zero attached hydrogens (tertiary/aromatic N) is 2. The molecule has 0 fully saturated rings. The van der Waals surface area contributed by atoms with Crippen molar-refractivity contribution in [1.82, 2.24) is 4.98 Å². The van der Waals surface area contributed by atoms with E-state index >= 15 is 0 Å². The van der Waals surface area contributed by atoms with Crippen LogP contribution >= 0.6 is 27.3 Å². The number of aromatic nitrogens is 1. The van der Waals surface area contributed by atoms with E-state index < -0.39 is 0 Å². The highest BCUT2D eigenvalue weighted by atomic mass is 79.9. The van der Waals surface area contributed by atoms with Gasteiger partial charge in [0.2, 0.25) is 5.13 Å². The molecular formula is C18H12BrN3OS. The molecule has 0 amide bonds. The molecule has 0 saturated carbocycles. The zero-order chi connectivity index (χ0) is 16.4. The Morgan fingerprint density at radius 2 is 1.88 bits per heavy atom. The van der Waals surface area contributed by atoms with Crippen molar-refractivity contribution < 1.29 is 4.42 Å². The number of halogens is 1. The molecule has 0 unspecified atom stereocenters. The average molecular weight is 398 g/mol. The van der Waals surface area contributed by atoms with Gasteiger partial charge in [0.15, 0.2) is 0 Å². The molecule has 0 aliphatic heterocycles. The molecule has 0 radical (unpaired) electrons. The minimum atomic E-state index is 0.682. The number of hydrogen-bond donors (Lipinski definition) is 1. The first-order valence-electron chi connectivity index (χ1n) is 7.28. The first kappa shape index (κ1) is 15.1. The van der Waals surface area contributed by atoms with Gasteiger partial charge in [-0.05, 0) is 36.4 Å². The molecule has 0 bridgehead atoms. The van der Waals surface area contributed by atoms with Crippen molar-refractivity contribution in [3.63, 3.8) is 0 Å². The minimum Gasteiger partial charge on any atom is -0.455 e. The van der Waals surface area contributed by atoms with Gasteiger partial charge < -0.3 is 4.42 Å². The molecule has 2 heterocycles. The van der Waals surface area contributed by atoms with Gasteiger partial charge in [-0.1, -0.05) is 51.5 Å². The molecule has 4 rings (SSSR count). The fourth-order valence-corrected chi connectivity index (χ4v) is 3.34. The maximum absolute atomic E-state index is 5.78. The van der Waals surface area contributed by atoms with Gasteiger partial charge in [-0.25, -0.2) is 4.98 Å². The summed E-state index contributed by atoms with van der Waals surface area (Å²) in [5.41, 5.74) is 4.94. The van der Waals surface area contributed by atoms with E-state index in [-0.39, 0.29) is 0 Å². The quantitative estimate of drug-likeness (QED) is 0.351. The van der Waals surface area contributed by atoms with E-state index in [1.165, 1.54) is 0 Å². The van der Waals surface area contributed by atoms with Crippen molar-refractivity contribution in [2.45, 2.75) is 0 Å². The van der Waals surface area contributed by atoms with Gasteiger partial charge in [0.25, 0.3) is 0 Å². The molecule has 0 aliphatic carbocycles. The summed E-state index contributed by atoms with van der Waals surface area (Å²) in [5.74, 6) is 1.49. The van der Waals surface area contributed by atoms with Crippen LogP contribution in [-0.2, 0) is 0 Å². The number of benzene rings is 2. The fourth-order valence-electron chi connectivity index (χ4n) is 2.26.